The Balaban J connectivity index is 0. The van der Waals surface area contributed by atoms with Gasteiger partial charge >= 0.3 is 0 Å². The molecule has 8 N–H and O–H groups in total. The number of nitrogens with one attached hydrogen (secondary N) is 2. The molecular weight excluding hydrogens is 316 g/mol. The Labute approximate surface area is 141 Å². The third-order valence-corrected chi connectivity index (χ3v) is 2.07. The van der Waals surface area contributed by atoms with E-state index in [2.05, 4.69) is 10.9 Å². The first-order valence-electron chi connectivity index (χ1n) is 7.11. The zero-order chi connectivity index (χ0) is 19.0. The van der Waals surface area contributed by atoms with Crippen molar-refractivity contribution in [2.24, 2.45) is 11.5 Å². The molecule has 0 heterocycles. The van der Waals surface area contributed by atoms with Crippen molar-refractivity contribution in [2.75, 3.05) is 0 Å². The lowest BCUT2D eigenvalue weighted by molar-refractivity contribution is -0.135. The van der Waals surface area contributed by atoms with Crippen molar-refractivity contribution in [1.82, 2.24) is 10.9 Å². The predicted molar refractivity (Wildman–Crippen MR) is 89.4 cm³/mol. The molecule has 0 saturated carbocycles. The van der Waals surface area contributed by atoms with E-state index in [-0.39, 0.29) is 5.91 Å². The number of aliphatic carboxylic acids is 2. The van der Waals surface area contributed by atoms with Gasteiger partial charge in [-0.1, -0.05) is 30.3 Å². The Morgan fingerprint density at radius 1 is 1.04 bits per heavy atom. The van der Waals surface area contributed by atoms with Crippen molar-refractivity contribution < 1.29 is 24.6 Å². The summed E-state index contributed by atoms with van der Waals surface area (Å²) in [6.45, 7) is 2.77. The number of carboxylic acid groups (broad SMARTS) is 2. The number of hydrogen-bond donors (Lipinski definition) is 6. The molecule has 24 heavy (non-hydrogen) atoms. The topological polar surface area (TPSA) is 168 Å². The van der Waals surface area contributed by atoms with Gasteiger partial charge in [0.15, 0.2) is 0 Å². The SMILES string of the molecule is CC(=O)O.CC(=O)O.NC(N)CCC(=O)NNCc1ccccc1. The van der Waals surface area contributed by atoms with Crippen LogP contribution in [0.4, 0.5) is 0 Å². The lowest BCUT2D eigenvalue weighted by Crippen LogP contribution is -2.38. The van der Waals surface area contributed by atoms with Gasteiger partial charge in [-0.2, -0.15) is 0 Å². The number of hydrogen-bond acceptors (Lipinski definition) is 6. The van der Waals surface area contributed by atoms with Gasteiger partial charge in [-0.3, -0.25) is 19.8 Å². The average molecular weight is 342 g/mol. The minimum Gasteiger partial charge on any atom is -0.481 e. The number of rotatable bonds is 6. The van der Waals surface area contributed by atoms with Crippen molar-refractivity contribution >= 4 is 17.8 Å². The summed E-state index contributed by atoms with van der Waals surface area (Å²) in [4.78, 5) is 29.3. The van der Waals surface area contributed by atoms with Crippen LogP contribution < -0.4 is 22.3 Å². The van der Waals surface area contributed by atoms with E-state index in [0.29, 0.717) is 19.4 Å². The van der Waals surface area contributed by atoms with Gasteiger partial charge in [-0.05, 0) is 12.0 Å². The van der Waals surface area contributed by atoms with Crippen LogP contribution in [-0.4, -0.2) is 34.2 Å². The molecule has 136 valence electrons. The Morgan fingerprint density at radius 2 is 1.50 bits per heavy atom. The molecule has 1 aromatic rings. The molecule has 0 aromatic heterocycles. The van der Waals surface area contributed by atoms with Crippen LogP contribution in [0.5, 0.6) is 0 Å². The Kier molecular flexibility index (Phi) is 15.3. The molecular formula is C15H26N4O5. The van der Waals surface area contributed by atoms with Gasteiger partial charge in [0.2, 0.25) is 5.91 Å². The second-order valence-corrected chi connectivity index (χ2v) is 4.63. The Hall–Kier alpha value is -2.49. The molecule has 0 unspecified atom stereocenters. The molecule has 0 saturated heterocycles. The van der Waals surface area contributed by atoms with Gasteiger partial charge in [-0.25, -0.2) is 5.43 Å². The molecule has 0 radical (unpaired) electrons. The molecule has 0 bridgehead atoms. The maximum absolute atomic E-state index is 11.3. The number of benzene rings is 1. The number of amides is 1. The fourth-order valence-electron chi connectivity index (χ4n) is 1.20. The first kappa shape index (κ1) is 23.8. The van der Waals surface area contributed by atoms with Crippen molar-refractivity contribution in [3.63, 3.8) is 0 Å². The van der Waals surface area contributed by atoms with E-state index in [0.717, 1.165) is 19.4 Å². The molecule has 1 rings (SSSR count). The summed E-state index contributed by atoms with van der Waals surface area (Å²) in [6, 6.07) is 9.81. The van der Waals surface area contributed by atoms with E-state index in [1.54, 1.807) is 0 Å². The van der Waals surface area contributed by atoms with Crippen LogP contribution in [0.15, 0.2) is 30.3 Å². The quantitative estimate of drug-likeness (QED) is 0.310. The van der Waals surface area contributed by atoms with E-state index in [1.165, 1.54) is 0 Å². The molecule has 0 fully saturated rings. The van der Waals surface area contributed by atoms with Crippen LogP contribution in [0.25, 0.3) is 0 Å². The Bertz CT molecular complexity index is 460. The van der Waals surface area contributed by atoms with Gasteiger partial charge in [0, 0.05) is 26.8 Å². The lowest BCUT2D eigenvalue weighted by atomic mass is 10.2. The molecule has 0 atom stereocenters. The lowest BCUT2D eigenvalue weighted by Gasteiger charge is -2.08. The maximum atomic E-state index is 11.3. The minimum atomic E-state index is -0.833. The van der Waals surface area contributed by atoms with E-state index < -0.39 is 18.1 Å². The van der Waals surface area contributed by atoms with Gasteiger partial charge in [0.25, 0.3) is 11.9 Å². The predicted octanol–water partition coefficient (Wildman–Crippen LogP) is 0.0129. The fourth-order valence-corrected chi connectivity index (χ4v) is 1.20. The molecule has 9 nitrogen and oxygen atoms in total. The highest BCUT2D eigenvalue weighted by molar-refractivity contribution is 5.75. The molecule has 0 aliphatic heterocycles. The van der Waals surface area contributed by atoms with Gasteiger partial charge in [-0.15, -0.1) is 0 Å². The first-order chi connectivity index (χ1) is 11.1. The highest BCUT2D eigenvalue weighted by Crippen LogP contribution is 1.96. The third-order valence-electron chi connectivity index (χ3n) is 2.07. The smallest absolute Gasteiger partial charge is 0.300 e. The summed E-state index contributed by atoms with van der Waals surface area (Å²) < 4.78 is 0. The normalized spacial score (nSPS) is 9.04. The van der Waals surface area contributed by atoms with Gasteiger partial charge in [0.1, 0.15) is 0 Å². The Morgan fingerprint density at radius 3 is 1.92 bits per heavy atom. The minimum absolute atomic E-state index is 0.100. The van der Waals surface area contributed by atoms with E-state index >= 15 is 0 Å². The van der Waals surface area contributed by atoms with Crippen LogP contribution in [0, 0.1) is 0 Å². The van der Waals surface area contributed by atoms with Crippen molar-refractivity contribution in [2.45, 2.75) is 39.4 Å². The van der Waals surface area contributed by atoms with Crippen LogP contribution in [0.1, 0.15) is 32.3 Å². The summed E-state index contributed by atoms with van der Waals surface area (Å²) >= 11 is 0. The van der Waals surface area contributed by atoms with E-state index in [4.69, 9.17) is 31.3 Å². The maximum Gasteiger partial charge on any atom is 0.300 e. The summed E-state index contributed by atoms with van der Waals surface area (Å²) in [5.74, 6) is -1.77. The molecule has 1 amide bonds. The second kappa shape index (κ2) is 15.4. The summed E-state index contributed by atoms with van der Waals surface area (Å²) in [7, 11) is 0. The summed E-state index contributed by atoms with van der Waals surface area (Å²) in [5, 5.41) is 14.8. The van der Waals surface area contributed by atoms with Crippen molar-refractivity contribution in [3.8, 4) is 0 Å². The van der Waals surface area contributed by atoms with Crippen LogP contribution in [0.2, 0.25) is 0 Å². The molecule has 9 heteroatoms. The average Bonchev–Trinajstić information content (AvgIpc) is 2.45. The zero-order valence-corrected chi connectivity index (χ0v) is 13.9. The third kappa shape index (κ3) is 24.5. The number of carbonyl (C=O) groups is 3. The van der Waals surface area contributed by atoms with Crippen molar-refractivity contribution in [1.29, 1.82) is 0 Å². The first-order valence-corrected chi connectivity index (χ1v) is 7.11. The summed E-state index contributed by atoms with van der Waals surface area (Å²) in [6.07, 6.45) is 0.387. The standard InChI is InChI=1S/C11H18N4O.2C2H4O2/c12-10(13)6-7-11(16)15-14-8-9-4-2-1-3-5-9;2*1-2(3)4/h1-5,10,14H,6-8,12-13H2,(H,15,16);2*1H3,(H,3,4). The van der Waals surface area contributed by atoms with Gasteiger partial charge < -0.3 is 21.7 Å². The molecule has 0 spiro atoms. The zero-order valence-electron chi connectivity index (χ0n) is 13.9. The molecule has 0 aliphatic rings. The van der Waals surface area contributed by atoms with E-state index in [9.17, 15) is 4.79 Å². The second-order valence-electron chi connectivity index (χ2n) is 4.63. The van der Waals surface area contributed by atoms with Crippen LogP contribution in [0.3, 0.4) is 0 Å². The number of carbonyl (C=O) groups excluding carboxylic acids is 1. The highest BCUT2D eigenvalue weighted by atomic mass is 16.4. The molecule has 0 aliphatic carbocycles. The van der Waals surface area contributed by atoms with Crippen LogP contribution in [-0.2, 0) is 20.9 Å². The van der Waals surface area contributed by atoms with Crippen LogP contribution >= 0.6 is 0 Å². The van der Waals surface area contributed by atoms with E-state index in [1.807, 2.05) is 30.3 Å². The number of carboxylic acids is 2. The monoisotopic (exact) mass is 342 g/mol. The molecule has 1 aromatic carbocycles. The summed E-state index contributed by atoms with van der Waals surface area (Å²) in [5.41, 5.74) is 17.2. The van der Waals surface area contributed by atoms with Crippen molar-refractivity contribution in [3.05, 3.63) is 35.9 Å². The highest BCUT2D eigenvalue weighted by Gasteiger charge is 2.02. The largest absolute Gasteiger partial charge is 0.481 e. The number of nitrogens with two attached hydrogens (primary N) is 2. The van der Waals surface area contributed by atoms with Gasteiger partial charge in [0.05, 0.1) is 6.17 Å². The fraction of sp³-hybridized carbons (Fsp3) is 0.400. The number of hydrazine groups is 1.